The first-order chi connectivity index (χ1) is 5.88. The number of nitrogens with zero attached hydrogens (tertiary/aromatic N) is 1. The van der Waals surface area contributed by atoms with Gasteiger partial charge in [0.05, 0.1) is 0 Å². The lowest BCUT2D eigenvalue weighted by Gasteiger charge is -2.11. The van der Waals surface area contributed by atoms with Crippen LogP contribution in [0.15, 0.2) is 16.9 Å². The second-order valence-corrected chi connectivity index (χ2v) is 3.01. The van der Waals surface area contributed by atoms with Gasteiger partial charge in [-0.2, -0.15) is 0 Å². The predicted molar refractivity (Wildman–Crippen MR) is 48.8 cm³/mol. The van der Waals surface area contributed by atoms with Crippen molar-refractivity contribution in [3.63, 3.8) is 0 Å². The Morgan fingerprint density at radius 2 is 2.17 bits per heavy atom. The summed E-state index contributed by atoms with van der Waals surface area (Å²) in [5, 5.41) is 2.67. The number of carbonyl (C=O) groups excluding carboxylic acids is 1. The summed E-state index contributed by atoms with van der Waals surface area (Å²) < 4.78 is 0. The van der Waals surface area contributed by atoms with Gasteiger partial charge in [0, 0.05) is 17.8 Å². The quantitative estimate of drug-likeness (QED) is 0.498. The minimum Gasteiger partial charge on any atom is -0.331 e. The Kier molecular flexibility index (Phi) is 3.51. The highest BCUT2D eigenvalue weighted by molar-refractivity contribution is 5.50. The van der Waals surface area contributed by atoms with Gasteiger partial charge in [-0.3, -0.25) is 9.79 Å². The smallest absolute Gasteiger partial charge is 0.211 e. The molecule has 1 aliphatic carbocycles. The standard InChI is InChI=1S/C9H14N2O/c1-10-6-9(11-7-12)8-4-2-3-5-8/h6-8H,1-5H2,(H,11,12)/b9-6+. The van der Waals surface area contributed by atoms with Gasteiger partial charge in [0.25, 0.3) is 0 Å². The van der Waals surface area contributed by atoms with Crippen molar-refractivity contribution in [1.29, 1.82) is 0 Å². The van der Waals surface area contributed by atoms with Crippen LogP contribution < -0.4 is 5.32 Å². The van der Waals surface area contributed by atoms with Crippen molar-refractivity contribution < 1.29 is 4.79 Å². The van der Waals surface area contributed by atoms with Crippen molar-refractivity contribution in [2.24, 2.45) is 10.9 Å². The Morgan fingerprint density at radius 3 is 2.67 bits per heavy atom. The molecular weight excluding hydrogens is 152 g/mol. The normalized spacial score (nSPS) is 19.2. The van der Waals surface area contributed by atoms with Crippen molar-refractivity contribution in [3.8, 4) is 0 Å². The first kappa shape index (κ1) is 8.97. The molecule has 1 aliphatic rings. The lowest BCUT2D eigenvalue weighted by molar-refractivity contribution is -0.109. The molecule has 0 unspecified atom stereocenters. The third-order valence-corrected chi connectivity index (χ3v) is 2.25. The maximum absolute atomic E-state index is 10.2. The van der Waals surface area contributed by atoms with Crippen LogP contribution >= 0.6 is 0 Å². The van der Waals surface area contributed by atoms with E-state index in [0.717, 1.165) is 18.5 Å². The predicted octanol–water partition coefficient (Wildman–Crippen LogP) is 1.46. The van der Waals surface area contributed by atoms with Gasteiger partial charge in [-0.1, -0.05) is 12.8 Å². The fourth-order valence-corrected chi connectivity index (χ4v) is 1.66. The lowest BCUT2D eigenvalue weighted by Crippen LogP contribution is -2.16. The van der Waals surface area contributed by atoms with Crippen LogP contribution in [0.2, 0.25) is 0 Å². The largest absolute Gasteiger partial charge is 0.331 e. The van der Waals surface area contributed by atoms with Gasteiger partial charge >= 0.3 is 0 Å². The monoisotopic (exact) mass is 166 g/mol. The summed E-state index contributed by atoms with van der Waals surface area (Å²) in [5.41, 5.74) is 0.914. The second-order valence-electron chi connectivity index (χ2n) is 3.01. The Bertz CT molecular complexity index is 193. The maximum atomic E-state index is 10.2. The van der Waals surface area contributed by atoms with E-state index < -0.39 is 0 Å². The highest BCUT2D eigenvalue weighted by Gasteiger charge is 2.18. The van der Waals surface area contributed by atoms with Crippen LogP contribution in [-0.2, 0) is 4.79 Å². The van der Waals surface area contributed by atoms with E-state index in [4.69, 9.17) is 0 Å². The Morgan fingerprint density at radius 1 is 1.50 bits per heavy atom. The van der Waals surface area contributed by atoms with Crippen LogP contribution in [-0.4, -0.2) is 13.1 Å². The second kappa shape index (κ2) is 4.70. The SMILES string of the molecule is C=N/C=C(/NC=O)C1CCCC1. The molecule has 1 saturated carbocycles. The zero-order valence-electron chi connectivity index (χ0n) is 7.12. The van der Waals surface area contributed by atoms with Crippen LogP contribution in [0, 0.1) is 5.92 Å². The molecule has 1 rings (SSSR count). The number of hydrogen-bond donors (Lipinski definition) is 1. The Hall–Kier alpha value is -1.12. The summed E-state index contributed by atoms with van der Waals surface area (Å²) in [5.74, 6) is 0.487. The highest BCUT2D eigenvalue weighted by atomic mass is 16.1. The summed E-state index contributed by atoms with van der Waals surface area (Å²) >= 11 is 0. The Labute approximate surface area is 72.6 Å². The molecule has 0 saturated heterocycles. The number of hydrogen-bond acceptors (Lipinski definition) is 2. The van der Waals surface area contributed by atoms with E-state index in [2.05, 4.69) is 17.0 Å². The molecule has 1 amide bonds. The average molecular weight is 166 g/mol. The molecule has 3 nitrogen and oxygen atoms in total. The molecule has 0 spiro atoms. The lowest BCUT2D eigenvalue weighted by atomic mass is 10.1. The molecule has 0 radical (unpaired) electrons. The molecule has 0 heterocycles. The molecule has 0 aromatic rings. The summed E-state index contributed by atoms with van der Waals surface area (Å²) in [6.45, 7) is 3.37. The number of aliphatic imine (C=N–C) groups is 1. The molecule has 0 aliphatic heterocycles. The first-order valence-electron chi connectivity index (χ1n) is 4.24. The van der Waals surface area contributed by atoms with Gasteiger partial charge in [0.15, 0.2) is 0 Å². The number of allylic oxidation sites excluding steroid dienone is 1. The minimum absolute atomic E-state index is 0.487. The summed E-state index contributed by atoms with van der Waals surface area (Å²) in [7, 11) is 0. The van der Waals surface area contributed by atoms with Gasteiger partial charge in [0.1, 0.15) is 0 Å². The molecule has 0 aromatic carbocycles. The van der Waals surface area contributed by atoms with E-state index >= 15 is 0 Å². The van der Waals surface area contributed by atoms with E-state index in [1.165, 1.54) is 12.8 Å². The number of rotatable bonds is 4. The van der Waals surface area contributed by atoms with Crippen molar-refractivity contribution in [3.05, 3.63) is 11.9 Å². The summed E-state index contributed by atoms with van der Waals surface area (Å²) in [6.07, 6.45) is 7.16. The molecule has 66 valence electrons. The summed E-state index contributed by atoms with van der Waals surface area (Å²) in [4.78, 5) is 13.9. The van der Waals surface area contributed by atoms with Crippen molar-refractivity contribution >= 4 is 13.1 Å². The minimum atomic E-state index is 0.487. The number of amides is 1. The Balaban J connectivity index is 2.56. The van der Waals surface area contributed by atoms with E-state index in [-0.39, 0.29) is 0 Å². The zero-order valence-corrected chi connectivity index (χ0v) is 7.12. The van der Waals surface area contributed by atoms with Gasteiger partial charge in [0.2, 0.25) is 6.41 Å². The third-order valence-electron chi connectivity index (χ3n) is 2.25. The van der Waals surface area contributed by atoms with Crippen molar-refractivity contribution in [2.45, 2.75) is 25.7 Å². The summed E-state index contributed by atoms with van der Waals surface area (Å²) in [6, 6.07) is 0. The van der Waals surface area contributed by atoms with Crippen LogP contribution in [0.3, 0.4) is 0 Å². The van der Waals surface area contributed by atoms with Crippen LogP contribution in [0.1, 0.15) is 25.7 Å². The molecule has 3 heteroatoms. The van der Waals surface area contributed by atoms with E-state index in [1.807, 2.05) is 0 Å². The zero-order chi connectivity index (χ0) is 8.81. The fourth-order valence-electron chi connectivity index (χ4n) is 1.66. The molecule has 1 N–H and O–H groups in total. The van der Waals surface area contributed by atoms with Crippen molar-refractivity contribution in [2.75, 3.05) is 0 Å². The highest BCUT2D eigenvalue weighted by Crippen LogP contribution is 2.29. The molecule has 0 atom stereocenters. The van der Waals surface area contributed by atoms with Gasteiger partial charge in [-0.25, -0.2) is 0 Å². The molecule has 1 fully saturated rings. The molecular formula is C9H14N2O. The topological polar surface area (TPSA) is 41.5 Å². The van der Waals surface area contributed by atoms with Crippen LogP contribution in [0.4, 0.5) is 0 Å². The van der Waals surface area contributed by atoms with Gasteiger partial charge < -0.3 is 5.32 Å². The third kappa shape index (κ3) is 2.19. The van der Waals surface area contributed by atoms with E-state index in [9.17, 15) is 4.79 Å². The fraction of sp³-hybridized carbons (Fsp3) is 0.556. The number of carbonyl (C=O) groups is 1. The van der Waals surface area contributed by atoms with E-state index in [0.29, 0.717) is 12.3 Å². The van der Waals surface area contributed by atoms with Crippen LogP contribution in [0.5, 0.6) is 0 Å². The first-order valence-corrected chi connectivity index (χ1v) is 4.24. The van der Waals surface area contributed by atoms with Crippen molar-refractivity contribution in [1.82, 2.24) is 5.32 Å². The maximum Gasteiger partial charge on any atom is 0.211 e. The van der Waals surface area contributed by atoms with Gasteiger partial charge in [-0.05, 0) is 19.6 Å². The molecule has 0 bridgehead atoms. The molecule has 0 aromatic heterocycles. The molecule has 12 heavy (non-hydrogen) atoms. The average Bonchev–Trinajstić information content (AvgIpc) is 2.56. The number of nitrogens with one attached hydrogen (secondary N) is 1. The van der Waals surface area contributed by atoms with E-state index in [1.54, 1.807) is 6.20 Å². The van der Waals surface area contributed by atoms with Crippen LogP contribution in [0.25, 0.3) is 0 Å². The van der Waals surface area contributed by atoms with Gasteiger partial charge in [-0.15, -0.1) is 0 Å².